The molecule has 4 N–H and O–H groups in total. The summed E-state index contributed by atoms with van der Waals surface area (Å²) in [7, 11) is 0. The van der Waals surface area contributed by atoms with Crippen molar-refractivity contribution in [2.45, 2.75) is 19.8 Å². The predicted molar refractivity (Wildman–Crippen MR) is 85.3 cm³/mol. The van der Waals surface area contributed by atoms with Crippen LogP contribution in [0.4, 0.5) is 0 Å². The number of nitrogens with one attached hydrogen (secondary N) is 2. The Hall–Kier alpha value is -1.76. The molecule has 0 saturated heterocycles. The molecule has 2 aromatic rings. The fraction of sp³-hybridized carbons (Fsp3) is 0.286. The quantitative estimate of drug-likeness (QED) is 0.325. The number of aromatic nitrogens is 2. The van der Waals surface area contributed by atoms with Crippen LogP contribution in [0, 0.1) is 6.92 Å². The van der Waals surface area contributed by atoms with E-state index in [1.807, 2.05) is 0 Å². The van der Waals surface area contributed by atoms with Crippen molar-refractivity contribution in [3.8, 4) is 5.75 Å². The average Bonchev–Trinajstić information content (AvgIpc) is 2.85. The Morgan fingerprint density at radius 3 is 2.91 bits per heavy atom. The van der Waals surface area contributed by atoms with E-state index in [9.17, 15) is 4.79 Å². The third kappa shape index (κ3) is 3.91. The van der Waals surface area contributed by atoms with E-state index in [4.69, 9.17) is 33.8 Å². The van der Waals surface area contributed by atoms with E-state index in [0.717, 1.165) is 0 Å². The number of halogens is 2. The lowest BCUT2D eigenvalue weighted by Gasteiger charge is -2.08. The van der Waals surface area contributed by atoms with Gasteiger partial charge in [0.05, 0.1) is 22.9 Å². The molecule has 0 aliphatic rings. The van der Waals surface area contributed by atoms with E-state index >= 15 is 0 Å². The number of nitrogens with zero attached hydrogens (tertiary/aromatic N) is 1. The fourth-order valence-corrected chi connectivity index (χ4v) is 2.51. The second kappa shape index (κ2) is 7.49. The maximum Gasteiger partial charge on any atom is 0.268 e. The molecule has 6 nitrogen and oxygen atoms in total. The van der Waals surface area contributed by atoms with Crippen LogP contribution in [0.5, 0.6) is 5.75 Å². The minimum Gasteiger partial charge on any atom is -0.492 e. The van der Waals surface area contributed by atoms with Gasteiger partial charge in [-0.25, -0.2) is 5.84 Å². The molecule has 1 heterocycles. The molecular weight excluding hydrogens is 327 g/mol. The van der Waals surface area contributed by atoms with Gasteiger partial charge in [-0.05, 0) is 38.0 Å². The van der Waals surface area contributed by atoms with Crippen LogP contribution >= 0.6 is 23.2 Å². The van der Waals surface area contributed by atoms with Gasteiger partial charge in [0.1, 0.15) is 5.75 Å². The predicted octanol–water partition coefficient (Wildman–Crippen LogP) is 2.64. The van der Waals surface area contributed by atoms with E-state index in [1.54, 1.807) is 25.1 Å². The lowest BCUT2D eigenvalue weighted by molar-refractivity contribution is 0.0952. The van der Waals surface area contributed by atoms with Gasteiger partial charge in [-0.1, -0.05) is 23.2 Å². The second-order valence-corrected chi connectivity index (χ2v) is 5.51. The van der Waals surface area contributed by atoms with E-state index < -0.39 is 0 Å². The zero-order valence-electron chi connectivity index (χ0n) is 12.0. The van der Waals surface area contributed by atoms with E-state index in [1.165, 1.54) is 0 Å². The third-order valence-electron chi connectivity index (χ3n) is 3.09. The first-order valence-electron chi connectivity index (χ1n) is 6.65. The molecule has 0 spiro atoms. The monoisotopic (exact) mass is 342 g/mol. The molecule has 0 atom stereocenters. The molecule has 0 fully saturated rings. The van der Waals surface area contributed by atoms with Crippen LogP contribution in [0.15, 0.2) is 18.2 Å². The Bertz CT molecular complexity index is 673. The highest BCUT2D eigenvalue weighted by Gasteiger charge is 2.16. The van der Waals surface area contributed by atoms with Crippen molar-refractivity contribution < 1.29 is 9.53 Å². The minimum absolute atomic E-state index is 0.358. The van der Waals surface area contributed by atoms with Crippen molar-refractivity contribution in [3.63, 3.8) is 0 Å². The number of aryl methyl sites for hydroxylation is 2. The maximum atomic E-state index is 11.7. The van der Waals surface area contributed by atoms with Gasteiger partial charge in [-0.3, -0.25) is 15.3 Å². The maximum absolute atomic E-state index is 11.7. The van der Waals surface area contributed by atoms with Gasteiger partial charge in [-0.2, -0.15) is 5.10 Å². The van der Waals surface area contributed by atoms with Crippen LogP contribution < -0.4 is 16.0 Å². The number of ether oxygens (including phenoxy) is 1. The number of aromatic amines is 1. The normalized spacial score (nSPS) is 10.5. The van der Waals surface area contributed by atoms with Gasteiger partial charge < -0.3 is 4.74 Å². The molecular formula is C14H16Cl2N4O2. The number of rotatable bonds is 6. The Morgan fingerprint density at radius 1 is 1.45 bits per heavy atom. The Morgan fingerprint density at radius 2 is 2.23 bits per heavy atom. The van der Waals surface area contributed by atoms with E-state index in [0.29, 0.717) is 52.2 Å². The van der Waals surface area contributed by atoms with Crippen molar-refractivity contribution in [3.05, 3.63) is 45.2 Å². The van der Waals surface area contributed by atoms with Crippen molar-refractivity contribution in [1.29, 1.82) is 0 Å². The summed E-state index contributed by atoms with van der Waals surface area (Å²) in [6.45, 7) is 2.21. The fourth-order valence-electron chi connectivity index (χ4n) is 2.05. The van der Waals surface area contributed by atoms with Crippen LogP contribution in [0.25, 0.3) is 0 Å². The van der Waals surface area contributed by atoms with Crippen LogP contribution in [0.1, 0.15) is 28.2 Å². The van der Waals surface area contributed by atoms with Crippen LogP contribution in [-0.4, -0.2) is 22.7 Å². The zero-order chi connectivity index (χ0) is 16.1. The van der Waals surface area contributed by atoms with Crippen molar-refractivity contribution >= 4 is 29.1 Å². The highest BCUT2D eigenvalue weighted by Crippen LogP contribution is 2.27. The number of benzene rings is 1. The summed E-state index contributed by atoms with van der Waals surface area (Å²) in [4.78, 5) is 11.7. The molecule has 1 aromatic carbocycles. The number of carbonyl (C=O) groups is 1. The third-order valence-corrected chi connectivity index (χ3v) is 3.62. The topological polar surface area (TPSA) is 93.0 Å². The molecule has 0 aliphatic heterocycles. The number of carbonyl (C=O) groups excluding carboxylic acids is 1. The lowest BCUT2D eigenvalue weighted by Crippen LogP contribution is -2.31. The summed E-state index contributed by atoms with van der Waals surface area (Å²) >= 11 is 11.8. The summed E-state index contributed by atoms with van der Waals surface area (Å²) in [5, 5.41) is 7.92. The molecule has 2 rings (SSSR count). The summed E-state index contributed by atoms with van der Waals surface area (Å²) in [6.07, 6.45) is 1.26. The highest BCUT2D eigenvalue weighted by atomic mass is 35.5. The first kappa shape index (κ1) is 16.6. The number of H-pyrrole nitrogens is 1. The van der Waals surface area contributed by atoms with Gasteiger partial charge in [-0.15, -0.1) is 0 Å². The van der Waals surface area contributed by atoms with Gasteiger partial charge in [0, 0.05) is 10.7 Å². The summed E-state index contributed by atoms with van der Waals surface area (Å²) in [6, 6.07) is 5.05. The summed E-state index contributed by atoms with van der Waals surface area (Å²) in [5.41, 5.74) is 3.93. The van der Waals surface area contributed by atoms with Crippen molar-refractivity contribution in [2.24, 2.45) is 5.84 Å². The number of hydrogen-bond donors (Lipinski definition) is 3. The first-order chi connectivity index (χ1) is 10.5. The number of nitrogens with two attached hydrogens (primary N) is 1. The van der Waals surface area contributed by atoms with Crippen LogP contribution in [0.3, 0.4) is 0 Å². The van der Waals surface area contributed by atoms with Crippen LogP contribution in [0.2, 0.25) is 10.0 Å². The number of hydrazine groups is 1. The SMILES string of the molecule is Cc1[nH]nc(CCCOc2ccc(Cl)cc2Cl)c1C(=O)NN. The molecule has 0 aliphatic carbocycles. The molecule has 1 aromatic heterocycles. The molecule has 8 heteroatoms. The van der Waals surface area contributed by atoms with Gasteiger partial charge in [0.15, 0.2) is 0 Å². The standard InChI is InChI=1S/C14H16Cl2N4O2/c1-8-13(14(21)18-17)11(20-19-8)3-2-6-22-12-5-4-9(15)7-10(12)16/h4-5,7H,2-3,6,17H2,1H3,(H,18,21)(H,19,20). The van der Waals surface area contributed by atoms with Crippen LogP contribution in [-0.2, 0) is 6.42 Å². The lowest BCUT2D eigenvalue weighted by atomic mass is 10.1. The van der Waals surface area contributed by atoms with Crippen molar-refractivity contribution in [1.82, 2.24) is 15.6 Å². The average molecular weight is 343 g/mol. The Kier molecular flexibility index (Phi) is 5.65. The Labute approximate surface area is 137 Å². The second-order valence-electron chi connectivity index (χ2n) is 4.67. The Balaban J connectivity index is 1.91. The molecule has 22 heavy (non-hydrogen) atoms. The highest BCUT2D eigenvalue weighted by molar-refractivity contribution is 6.35. The van der Waals surface area contributed by atoms with E-state index in [2.05, 4.69) is 15.6 Å². The smallest absolute Gasteiger partial charge is 0.268 e. The largest absolute Gasteiger partial charge is 0.492 e. The van der Waals surface area contributed by atoms with Gasteiger partial charge in [0.2, 0.25) is 0 Å². The van der Waals surface area contributed by atoms with Gasteiger partial charge >= 0.3 is 0 Å². The molecule has 1 amide bonds. The van der Waals surface area contributed by atoms with E-state index in [-0.39, 0.29) is 5.91 Å². The zero-order valence-corrected chi connectivity index (χ0v) is 13.5. The minimum atomic E-state index is -0.358. The number of nitrogen functional groups attached to an aromatic ring is 1. The summed E-state index contributed by atoms with van der Waals surface area (Å²) < 4.78 is 5.59. The molecule has 0 saturated carbocycles. The molecule has 0 bridgehead atoms. The van der Waals surface area contributed by atoms with Crippen molar-refractivity contribution in [2.75, 3.05) is 6.61 Å². The molecule has 118 valence electrons. The number of amides is 1. The molecule has 0 unspecified atom stereocenters. The summed E-state index contributed by atoms with van der Waals surface area (Å²) in [5.74, 6) is 5.38. The van der Waals surface area contributed by atoms with Gasteiger partial charge in [0.25, 0.3) is 5.91 Å². The number of hydrogen-bond acceptors (Lipinski definition) is 4. The molecule has 0 radical (unpaired) electrons. The first-order valence-corrected chi connectivity index (χ1v) is 7.41.